The van der Waals surface area contributed by atoms with Gasteiger partial charge in [0.2, 0.25) is 5.88 Å². The number of halogens is 1. The number of rotatable bonds is 3. The SMILES string of the molecule is COc1nc(OC)c(I)c(C(=O)O)n1. The average Bonchev–Trinajstić information content (AvgIpc) is 2.17. The van der Waals surface area contributed by atoms with Crippen molar-refractivity contribution in [3.63, 3.8) is 0 Å². The second-order valence-electron chi connectivity index (χ2n) is 2.19. The first-order valence-corrected chi connectivity index (χ1v) is 4.56. The Hall–Kier alpha value is -1.12. The predicted octanol–water partition coefficient (Wildman–Crippen LogP) is 0.797. The molecule has 14 heavy (non-hydrogen) atoms. The van der Waals surface area contributed by atoms with Gasteiger partial charge in [-0.3, -0.25) is 0 Å². The molecule has 7 heteroatoms. The van der Waals surface area contributed by atoms with Crippen LogP contribution in [0.2, 0.25) is 0 Å². The molecule has 0 aliphatic rings. The molecule has 0 spiro atoms. The number of hydrogen-bond donors (Lipinski definition) is 1. The predicted molar refractivity (Wildman–Crippen MR) is 54.8 cm³/mol. The first kappa shape index (κ1) is 11.0. The highest BCUT2D eigenvalue weighted by molar-refractivity contribution is 14.1. The standard InChI is InChI=1S/C7H7IN2O4/c1-13-5-3(8)4(6(11)12)9-7(10-5)14-2/h1-2H3,(H,11,12). The Labute approximate surface area is 93.4 Å². The molecular formula is C7H7IN2O4. The molecule has 76 valence electrons. The third-order valence-corrected chi connectivity index (χ3v) is 2.35. The zero-order valence-electron chi connectivity index (χ0n) is 7.44. The number of nitrogens with zero attached hydrogens (tertiary/aromatic N) is 2. The van der Waals surface area contributed by atoms with Crippen molar-refractivity contribution in [2.75, 3.05) is 14.2 Å². The molecule has 0 unspecified atom stereocenters. The highest BCUT2D eigenvalue weighted by Gasteiger charge is 2.18. The number of hydrogen-bond acceptors (Lipinski definition) is 5. The Bertz CT molecular complexity index is 369. The molecule has 0 saturated heterocycles. The number of carbonyl (C=O) groups is 1. The van der Waals surface area contributed by atoms with Crippen molar-refractivity contribution in [1.29, 1.82) is 0 Å². The molecule has 0 aromatic carbocycles. The molecule has 0 radical (unpaired) electrons. The largest absolute Gasteiger partial charge is 0.480 e. The highest BCUT2D eigenvalue weighted by atomic mass is 127. The molecule has 1 N–H and O–H groups in total. The lowest BCUT2D eigenvalue weighted by atomic mass is 10.4. The fraction of sp³-hybridized carbons (Fsp3) is 0.286. The summed E-state index contributed by atoms with van der Waals surface area (Å²) in [4.78, 5) is 18.3. The molecule has 0 amide bonds. The minimum atomic E-state index is -1.14. The minimum absolute atomic E-state index is 0.0281. The lowest BCUT2D eigenvalue weighted by molar-refractivity contribution is 0.0687. The van der Waals surface area contributed by atoms with E-state index in [-0.39, 0.29) is 17.6 Å². The summed E-state index contributed by atoms with van der Waals surface area (Å²) < 4.78 is 9.96. The number of carboxylic acids is 1. The molecule has 1 aromatic heterocycles. The molecule has 0 aliphatic heterocycles. The molecule has 0 bridgehead atoms. The fourth-order valence-electron chi connectivity index (χ4n) is 0.775. The van der Waals surface area contributed by atoms with E-state index in [0.717, 1.165) is 0 Å². The Morgan fingerprint density at radius 2 is 2.00 bits per heavy atom. The Morgan fingerprint density at radius 1 is 1.36 bits per heavy atom. The maximum absolute atomic E-state index is 10.8. The van der Waals surface area contributed by atoms with E-state index in [0.29, 0.717) is 3.57 Å². The number of aromatic nitrogens is 2. The molecule has 1 heterocycles. The summed E-state index contributed by atoms with van der Waals surface area (Å²) in [6.45, 7) is 0. The van der Waals surface area contributed by atoms with Crippen molar-refractivity contribution in [3.8, 4) is 11.9 Å². The van der Waals surface area contributed by atoms with Crippen molar-refractivity contribution in [1.82, 2.24) is 9.97 Å². The topological polar surface area (TPSA) is 81.5 Å². The van der Waals surface area contributed by atoms with Crippen LogP contribution < -0.4 is 9.47 Å². The van der Waals surface area contributed by atoms with Crippen molar-refractivity contribution < 1.29 is 19.4 Å². The van der Waals surface area contributed by atoms with Gasteiger partial charge < -0.3 is 14.6 Å². The summed E-state index contributed by atoms with van der Waals surface area (Å²) in [7, 11) is 2.75. The highest BCUT2D eigenvalue weighted by Crippen LogP contribution is 2.23. The van der Waals surface area contributed by atoms with Crippen LogP contribution in [0.4, 0.5) is 0 Å². The molecule has 1 rings (SSSR count). The summed E-state index contributed by atoms with van der Waals surface area (Å²) in [6, 6.07) is -0.0281. The van der Waals surface area contributed by atoms with E-state index in [1.165, 1.54) is 14.2 Å². The minimum Gasteiger partial charge on any atom is -0.480 e. The van der Waals surface area contributed by atoms with E-state index in [1.54, 1.807) is 22.6 Å². The van der Waals surface area contributed by atoms with E-state index < -0.39 is 5.97 Å². The average molecular weight is 310 g/mol. The van der Waals surface area contributed by atoms with Crippen LogP contribution in [0.5, 0.6) is 11.9 Å². The Morgan fingerprint density at radius 3 is 2.43 bits per heavy atom. The maximum Gasteiger partial charge on any atom is 0.356 e. The van der Waals surface area contributed by atoms with Crippen LogP contribution in [-0.2, 0) is 0 Å². The van der Waals surface area contributed by atoms with Gasteiger partial charge in [-0.05, 0) is 22.6 Å². The Kier molecular flexibility index (Phi) is 3.44. The Balaban J connectivity index is 3.34. The van der Waals surface area contributed by atoms with Crippen LogP contribution in [0.1, 0.15) is 10.5 Å². The molecular weight excluding hydrogens is 303 g/mol. The van der Waals surface area contributed by atoms with Gasteiger partial charge in [0, 0.05) is 0 Å². The number of ether oxygens (including phenoxy) is 2. The number of methoxy groups -OCH3 is 2. The van der Waals surface area contributed by atoms with E-state index in [1.807, 2.05) is 0 Å². The van der Waals surface area contributed by atoms with Crippen LogP contribution in [0, 0.1) is 3.57 Å². The van der Waals surface area contributed by atoms with Gasteiger partial charge in [0.1, 0.15) is 3.57 Å². The van der Waals surface area contributed by atoms with Crippen molar-refractivity contribution in [2.24, 2.45) is 0 Å². The number of carboxylic acid groups (broad SMARTS) is 1. The van der Waals surface area contributed by atoms with Crippen LogP contribution >= 0.6 is 22.6 Å². The van der Waals surface area contributed by atoms with E-state index in [4.69, 9.17) is 14.6 Å². The third kappa shape index (κ3) is 2.03. The monoisotopic (exact) mass is 310 g/mol. The summed E-state index contributed by atoms with van der Waals surface area (Å²) in [6.07, 6.45) is 0. The van der Waals surface area contributed by atoms with Gasteiger partial charge in [-0.25, -0.2) is 4.79 Å². The third-order valence-electron chi connectivity index (χ3n) is 1.38. The zero-order valence-corrected chi connectivity index (χ0v) is 9.60. The maximum atomic E-state index is 10.8. The molecule has 0 saturated carbocycles. The van der Waals surface area contributed by atoms with Gasteiger partial charge in [0.25, 0.3) is 0 Å². The van der Waals surface area contributed by atoms with Crippen molar-refractivity contribution >= 4 is 28.6 Å². The molecule has 0 fully saturated rings. The van der Waals surface area contributed by atoms with E-state index in [2.05, 4.69) is 9.97 Å². The normalized spacial score (nSPS) is 9.64. The first-order valence-electron chi connectivity index (χ1n) is 3.49. The summed E-state index contributed by atoms with van der Waals surface area (Å²) in [5.74, 6) is -0.955. The van der Waals surface area contributed by atoms with Crippen LogP contribution in [0.3, 0.4) is 0 Å². The van der Waals surface area contributed by atoms with Crippen LogP contribution in [0.25, 0.3) is 0 Å². The summed E-state index contributed by atoms with van der Waals surface area (Å²) in [5, 5.41) is 8.80. The fourth-order valence-corrected chi connectivity index (χ4v) is 1.47. The quantitative estimate of drug-likeness (QED) is 0.832. The molecule has 0 atom stereocenters. The molecule has 6 nitrogen and oxygen atoms in total. The zero-order chi connectivity index (χ0) is 10.7. The smallest absolute Gasteiger partial charge is 0.356 e. The number of aromatic carboxylic acids is 1. The second-order valence-corrected chi connectivity index (χ2v) is 3.27. The lowest BCUT2D eigenvalue weighted by Crippen LogP contribution is -2.08. The molecule has 1 aromatic rings. The van der Waals surface area contributed by atoms with Gasteiger partial charge in [-0.1, -0.05) is 0 Å². The summed E-state index contributed by atoms with van der Waals surface area (Å²) in [5.41, 5.74) is -0.130. The van der Waals surface area contributed by atoms with Crippen LogP contribution in [0.15, 0.2) is 0 Å². The molecule has 0 aliphatic carbocycles. The van der Waals surface area contributed by atoms with Gasteiger partial charge in [-0.15, -0.1) is 0 Å². The van der Waals surface area contributed by atoms with Gasteiger partial charge in [-0.2, -0.15) is 9.97 Å². The van der Waals surface area contributed by atoms with E-state index in [9.17, 15) is 4.79 Å². The van der Waals surface area contributed by atoms with Gasteiger partial charge in [0.05, 0.1) is 14.2 Å². The van der Waals surface area contributed by atoms with Gasteiger partial charge >= 0.3 is 12.0 Å². The first-order chi connectivity index (χ1) is 6.60. The summed E-state index contributed by atoms with van der Waals surface area (Å²) >= 11 is 1.80. The van der Waals surface area contributed by atoms with Crippen molar-refractivity contribution in [2.45, 2.75) is 0 Å². The van der Waals surface area contributed by atoms with Gasteiger partial charge in [0.15, 0.2) is 5.69 Å². The van der Waals surface area contributed by atoms with Crippen molar-refractivity contribution in [3.05, 3.63) is 9.26 Å². The second kappa shape index (κ2) is 4.40. The van der Waals surface area contributed by atoms with E-state index >= 15 is 0 Å². The van der Waals surface area contributed by atoms with Crippen LogP contribution in [-0.4, -0.2) is 35.3 Å². The lowest BCUT2D eigenvalue weighted by Gasteiger charge is -2.06.